The molecule has 0 radical (unpaired) electrons. The van der Waals surface area contributed by atoms with Gasteiger partial charge in [-0.2, -0.15) is 0 Å². The molecule has 0 saturated carbocycles. The van der Waals surface area contributed by atoms with Crippen molar-refractivity contribution < 1.29 is 0 Å². The Morgan fingerprint density at radius 2 is 1.04 bits per heavy atom. The summed E-state index contributed by atoms with van der Waals surface area (Å²) in [5.74, 6) is 0. The van der Waals surface area contributed by atoms with Crippen molar-refractivity contribution >= 4 is 11.4 Å². The van der Waals surface area contributed by atoms with Gasteiger partial charge in [-0.3, -0.25) is 9.98 Å². The standard InChI is InChI=1S/C21H18N2/c1-3-7-16(8-4-1)20-13-11-18(22-20)15-19-12-14-21(23-19)17-9-5-2-6-10-17/h1-14,20-21H,15H2. The summed E-state index contributed by atoms with van der Waals surface area (Å²) in [6.45, 7) is 0. The molecule has 4 rings (SSSR count). The zero-order chi connectivity index (χ0) is 15.5. The first-order chi connectivity index (χ1) is 11.4. The third-order valence-electron chi connectivity index (χ3n) is 4.20. The minimum absolute atomic E-state index is 0.155. The number of aliphatic imine (C=N–C) groups is 2. The molecule has 2 unspecified atom stereocenters. The van der Waals surface area contributed by atoms with Gasteiger partial charge in [0.2, 0.25) is 0 Å². The first-order valence-corrected chi connectivity index (χ1v) is 7.98. The molecule has 2 atom stereocenters. The van der Waals surface area contributed by atoms with Gasteiger partial charge < -0.3 is 0 Å². The lowest BCUT2D eigenvalue weighted by molar-refractivity contribution is 0.925. The van der Waals surface area contributed by atoms with E-state index < -0.39 is 0 Å². The van der Waals surface area contributed by atoms with Gasteiger partial charge in [-0.1, -0.05) is 72.8 Å². The van der Waals surface area contributed by atoms with Crippen LogP contribution in [-0.2, 0) is 0 Å². The molecule has 0 bridgehead atoms. The smallest absolute Gasteiger partial charge is 0.0937 e. The molecule has 0 N–H and O–H groups in total. The van der Waals surface area contributed by atoms with E-state index in [-0.39, 0.29) is 12.1 Å². The summed E-state index contributed by atoms with van der Waals surface area (Å²) in [4.78, 5) is 9.62. The molecule has 112 valence electrons. The number of hydrogen-bond acceptors (Lipinski definition) is 2. The Hall–Kier alpha value is -2.74. The minimum atomic E-state index is 0.155. The highest BCUT2D eigenvalue weighted by molar-refractivity contribution is 6.14. The predicted octanol–water partition coefficient (Wildman–Crippen LogP) is 4.88. The molecule has 0 amide bonds. The predicted molar refractivity (Wildman–Crippen MR) is 96.1 cm³/mol. The molecule has 2 aliphatic rings. The van der Waals surface area contributed by atoms with E-state index in [4.69, 9.17) is 9.98 Å². The molecule has 0 saturated heterocycles. The van der Waals surface area contributed by atoms with Crippen molar-refractivity contribution in [2.75, 3.05) is 0 Å². The summed E-state index contributed by atoms with van der Waals surface area (Å²) in [5.41, 5.74) is 4.70. The Kier molecular flexibility index (Phi) is 3.73. The quantitative estimate of drug-likeness (QED) is 0.768. The molecule has 2 nitrogen and oxygen atoms in total. The van der Waals surface area contributed by atoms with Crippen LogP contribution in [0.2, 0.25) is 0 Å². The number of rotatable bonds is 4. The normalized spacial score (nSPS) is 22.3. The summed E-state index contributed by atoms with van der Waals surface area (Å²) in [6.07, 6.45) is 9.39. The topological polar surface area (TPSA) is 24.7 Å². The fraction of sp³-hybridized carbons (Fsp3) is 0.143. The minimum Gasteiger partial charge on any atom is -0.277 e. The summed E-state index contributed by atoms with van der Waals surface area (Å²) in [7, 11) is 0. The van der Waals surface area contributed by atoms with Gasteiger partial charge in [0, 0.05) is 17.8 Å². The first-order valence-electron chi connectivity index (χ1n) is 7.98. The zero-order valence-electron chi connectivity index (χ0n) is 12.8. The lowest BCUT2D eigenvalue weighted by Gasteiger charge is -2.05. The van der Waals surface area contributed by atoms with Crippen LogP contribution in [0.1, 0.15) is 29.6 Å². The van der Waals surface area contributed by atoms with E-state index in [0.717, 1.165) is 17.8 Å². The van der Waals surface area contributed by atoms with Crippen LogP contribution in [0, 0.1) is 0 Å². The van der Waals surface area contributed by atoms with Gasteiger partial charge >= 0.3 is 0 Å². The van der Waals surface area contributed by atoms with Crippen LogP contribution >= 0.6 is 0 Å². The Morgan fingerprint density at radius 3 is 1.48 bits per heavy atom. The Labute approximate surface area is 136 Å². The maximum Gasteiger partial charge on any atom is 0.0937 e. The second-order valence-electron chi connectivity index (χ2n) is 5.85. The van der Waals surface area contributed by atoms with Gasteiger partial charge in [0.1, 0.15) is 0 Å². The second kappa shape index (κ2) is 6.17. The molecule has 0 fully saturated rings. The van der Waals surface area contributed by atoms with E-state index in [9.17, 15) is 0 Å². The maximum absolute atomic E-state index is 4.81. The molecular weight excluding hydrogens is 280 g/mol. The Balaban J connectivity index is 1.46. The molecule has 2 aliphatic heterocycles. The lowest BCUT2D eigenvalue weighted by atomic mass is 10.1. The lowest BCUT2D eigenvalue weighted by Crippen LogP contribution is -2.01. The Morgan fingerprint density at radius 1 is 0.609 bits per heavy atom. The molecule has 2 aromatic rings. The third kappa shape index (κ3) is 3.07. The zero-order valence-corrected chi connectivity index (χ0v) is 12.8. The van der Waals surface area contributed by atoms with Gasteiger partial charge in [0.25, 0.3) is 0 Å². The van der Waals surface area contributed by atoms with Gasteiger partial charge in [-0.15, -0.1) is 0 Å². The maximum atomic E-state index is 4.81. The van der Waals surface area contributed by atoms with Crippen LogP contribution in [0.3, 0.4) is 0 Å². The number of nitrogens with zero attached hydrogens (tertiary/aromatic N) is 2. The Bertz CT molecular complexity index is 729. The number of hydrogen-bond donors (Lipinski definition) is 0. The molecule has 23 heavy (non-hydrogen) atoms. The summed E-state index contributed by atoms with van der Waals surface area (Å²) in [5, 5.41) is 0. The van der Waals surface area contributed by atoms with Crippen molar-refractivity contribution in [3.63, 3.8) is 0 Å². The van der Waals surface area contributed by atoms with Crippen LogP contribution in [0.5, 0.6) is 0 Å². The third-order valence-corrected chi connectivity index (χ3v) is 4.20. The van der Waals surface area contributed by atoms with Crippen molar-refractivity contribution in [1.29, 1.82) is 0 Å². The van der Waals surface area contributed by atoms with Crippen LogP contribution in [-0.4, -0.2) is 11.4 Å². The number of benzene rings is 2. The molecule has 2 heteroatoms. The van der Waals surface area contributed by atoms with Gasteiger partial charge in [-0.25, -0.2) is 0 Å². The highest BCUT2D eigenvalue weighted by Gasteiger charge is 2.17. The van der Waals surface area contributed by atoms with E-state index in [0.29, 0.717) is 0 Å². The van der Waals surface area contributed by atoms with E-state index in [1.54, 1.807) is 0 Å². The largest absolute Gasteiger partial charge is 0.277 e. The second-order valence-corrected chi connectivity index (χ2v) is 5.85. The van der Waals surface area contributed by atoms with Crippen LogP contribution < -0.4 is 0 Å². The molecule has 2 aromatic carbocycles. The van der Waals surface area contributed by atoms with Gasteiger partial charge in [-0.05, 0) is 23.3 Å². The van der Waals surface area contributed by atoms with Crippen LogP contribution in [0.15, 0.2) is 95.0 Å². The van der Waals surface area contributed by atoms with Crippen molar-refractivity contribution in [1.82, 2.24) is 0 Å². The highest BCUT2D eigenvalue weighted by atomic mass is 14.8. The molecular formula is C21H18N2. The van der Waals surface area contributed by atoms with E-state index in [2.05, 4.69) is 72.8 Å². The van der Waals surface area contributed by atoms with Gasteiger partial charge in [0.05, 0.1) is 12.1 Å². The van der Waals surface area contributed by atoms with E-state index in [1.165, 1.54) is 11.1 Å². The van der Waals surface area contributed by atoms with E-state index >= 15 is 0 Å². The average molecular weight is 298 g/mol. The van der Waals surface area contributed by atoms with Crippen molar-refractivity contribution in [3.05, 3.63) is 96.1 Å². The fourth-order valence-electron chi connectivity index (χ4n) is 3.00. The van der Waals surface area contributed by atoms with E-state index in [1.807, 2.05) is 12.1 Å². The summed E-state index contributed by atoms with van der Waals surface area (Å²) >= 11 is 0. The van der Waals surface area contributed by atoms with Crippen molar-refractivity contribution in [3.8, 4) is 0 Å². The van der Waals surface area contributed by atoms with Crippen LogP contribution in [0.25, 0.3) is 0 Å². The summed E-state index contributed by atoms with van der Waals surface area (Å²) in [6, 6.07) is 21.1. The molecule has 0 spiro atoms. The highest BCUT2D eigenvalue weighted by Crippen LogP contribution is 2.27. The van der Waals surface area contributed by atoms with Crippen molar-refractivity contribution in [2.24, 2.45) is 9.98 Å². The van der Waals surface area contributed by atoms with Gasteiger partial charge in [0.15, 0.2) is 0 Å². The molecule has 2 heterocycles. The average Bonchev–Trinajstić information content (AvgIpc) is 3.27. The molecule has 0 aromatic heterocycles. The fourth-order valence-corrected chi connectivity index (χ4v) is 3.00. The first kappa shape index (κ1) is 13.9. The van der Waals surface area contributed by atoms with Crippen LogP contribution in [0.4, 0.5) is 0 Å². The number of allylic oxidation sites excluding steroid dienone is 2. The summed E-state index contributed by atoms with van der Waals surface area (Å²) < 4.78 is 0. The molecule has 0 aliphatic carbocycles. The van der Waals surface area contributed by atoms with Crippen molar-refractivity contribution in [2.45, 2.75) is 18.5 Å². The SMILES string of the molecule is C1=CC(c2ccccc2)N=C1CC1=NC(c2ccccc2)C=C1. The monoisotopic (exact) mass is 298 g/mol.